The van der Waals surface area contributed by atoms with Crippen molar-refractivity contribution in [3.05, 3.63) is 60.1 Å². The van der Waals surface area contributed by atoms with Crippen molar-refractivity contribution in [1.29, 1.82) is 0 Å². The fourth-order valence-corrected chi connectivity index (χ4v) is 2.62. The van der Waals surface area contributed by atoms with E-state index in [4.69, 9.17) is 4.42 Å². The van der Waals surface area contributed by atoms with Gasteiger partial charge in [-0.3, -0.25) is 0 Å². The van der Waals surface area contributed by atoms with Gasteiger partial charge in [0.1, 0.15) is 5.76 Å². The van der Waals surface area contributed by atoms with Crippen molar-refractivity contribution in [3.63, 3.8) is 0 Å². The number of furan rings is 1. The van der Waals surface area contributed by atoms with Crippen LogP contribution in [0.5, 0.6) is 0 Å². The number of rotatable bonds is 4. The van der Waals surface area contributed by atoms with Crippen LogP contribution in [-0.2, 0) is 12.1 Å². The molecule has 0 saturated heterocycles. The Hall–Kier alpha value is -2.23. The van der Waals surface area contributed by atoms with Crippen molar-refractivity contribution in [2.24, 2.45) is 0 Å². The molecule has 0 bridgehead atoms. The highest BCUT2D eigenvalue weighted by atomic mass is 16.3. The second-order valence-corrected chi connectivity index (χ2v) is 5.19. The van der Waals surface area contributed by atoms with Crippen LogP contribution in [0.3, 0.4) is 0 Å². The molecule has 4 heteroatoms. The lowest BCUT2D eigenvalue weighted by Crippen LogP contribution is -2.53. The fraction of sp³-hybridized carbons (Fsp3) is 0.312. The number of carbonyl (C=O) groups excluding carboxylic acids is 1. The van der Waals surface area contributed by atoms with Gasteiger partial charge in [-0.15, -0.1) is 0 Å². The quantitative estimate of drug-likeness (QED) is 0.896. The first-order valence-electron chi connectivity index (χ1n) is 6.92. The third-order valence-corrected chi connectivity index (χ3v) is 3.89. The Labute approximate surface area is 118 Å². The van der Waals surface area contributed by atoms with Crippen molar-refractivity contribution in [2.75, 3.05) is 0 Å². The summed E-state index contributed by atoms with van der Waals surface area (Å²) >= 11 is 0. The number of nitrogens with one attached hydrogen (secondary N) is 2. The van der Waals surface area contributed by atoms with E-state index >= 15 is 0 Å². The van der Waals surface area contributed by atoms with Gasteiger partial charge in [0.05, 0.1) is 18.3 Å². The summed E-state index contributed by atoms with van der Waals surface area (Å²) in [5.41, 5.74) is 0.980. The molecule has 2 N–H and O–H groups in total. The van der Waals surface area contributed by atoms with Gasteiger partial charge in [0.2, 0.25) is 0 Å². The summed E-state index contributed by atoms with van der Waals surface area (Å²) in [6.07, 6.45) is 4.73. The Morgan fingerprint density at radius 2 is 1.95 bits per heavy atom. The zero-order chi connectivity index (χ0) is 13.8. The molecule has 0 unspecified atom stereocenters. The largest absolute Gasteiger partial charge is 0.467 e. The van der Waals surface area contributed by atoms with Crippen molar-refractivity contribution in [3.8, 4) is 0 Å². The average Bonchev–Trinajstić information content (AvgIpc) is 2.95. The fourth-order valence-electron chi connectivity index (χ4n) is 2.62. The van der Waals surface area contributed by atoms with E-state index in [2.05, 4.69) is 22.8 Å². The monoisotopic (exact) mass is 270 g/mol. The van der Waals surface area contributed by atoms with Crippen LogP contribution in [0.25, 0.3) is 0 Å². The first-order valence-corrected chi connectivity index (χ1v) is 6.92. The molecule has 1 aromatic carbocycles. The predicted octanol–water partition coefficient (Wildman–Crippen LogP) is 3.16. The maximum atomic E-state index is 12.1. The molecular weight excluding hydrogens is 252 g/mol. The van der Waals surface area contributed by atoms with Gasteiger partial charge >= 0.3 is 6.03 Å². The van der Waals surface area contributed by atoms with Crippen LogP contribution in [0.15, 0.2) is 53.1 Å². The molecule has 1 heterocycles. The SMILES string of the molecule is O=C(NCc1ccco1)NC1(c2ccccc2)CCC1. The molecule has 1 fully saturated rings. The van der Waals surface area contributed by atoms with Gasteiger partial charge < -0.3 is 15.1 Å². The van der Waals surface area contributed by atoms with Crippen LogP contribution in [0, 0.1) is 0 Å². The molecule has 3 rings (SSSR count). The van der Waals surface area contributed by atoms with E-state index in [0.717, 1.165) is 25.0 Å². The summed E-state index contributed by atoms with van der Waals surface area (Å²) in [6, 6.07) is 13.7. The number of hydrogen-bond donors (Lipinski definition) is 2. The summed E-state index contributed by atoms with van der Waals surface area (Å²) in [5, 5.41) is 5.95. The molecule has 0 aliphatic heterocycles. The minimum Gasteiger partial charge on any atom is -0.467 e. The van der Waals surface area contributed by atoms with Crippen LogP contribution < -0.4 is 10.6 Å². The zero-order valence-corrected chi connectivity index (χ0v) is 11.3. The van der Waals surface area contributed by atoms with Crippen LogP contribution in [0.2, 0.25) is 0 Å². The molecule has 1 aromatic heterocycles. The van der Waals surface area contributed by atoms with Crippen LogP contribution in [0.4, 0.5) is 4.79 Å². The van der Waals surface area contributed by atoms with E-state index in [1.54, 1.807) is 6.26 Å². The van der Waals surface area contributed by atoms with E-state index < -0.39 is 0 Å². The van der Waals surface area contributed by atoms with Crippen molar-refractivity contribution in [2.45, 2.75) is 31.3 Å². The lowest BCUT2D eigenvalue weighted by Gasteiger charge is -2.43. The van der Waals surface area contributed by atoms with Gasteiger partial charge in [-0.1, -0.05) is 30.3 Å². The number of amides is 2. The number of carbonyl (C=O) groups is 1. The second-order valence-electron chi connectivity index (χ2n) is 5.19. The molecule has 0 spiro atoms. The maximum Gasteiger partial charge on any atom is 0.315 e. The predicted molar refractivity (Wildman–Crippen MR) is 76.1 cm³/mol. The van der Waals surface area contributed by atoms with Crippen molar-refractivity contribution >= 4 is 6.03 Å². The van der Waals surface area contributed by atoms with Crippen LogP contribution in [0.1, 0.15) is 30.6 Å². The molecule has 0 radical (unpaired) electrons. The summed E-state index contributed by atoms with van der Waals surface area (Å²) in [5.74, 6) is 0.752. The molecule has 104 valence electrons. The number of hydrogen-bond acceptors (Lipinski definition) is 2. The van der Waals surface area contributed by atoms with Crippen molar-refractivity contribution in [1.82, 2.24) is 10.6 Å². The molecule has 20 heavy (non-hydrogen) atoms. The zero-order valence-electron chi connectivity index (χ0n) is 11.3. The summed E-state index contributed by atoms with van der Waals surface area (Å²) in [7, 11) is 0. The lowest BCUT2D eigenvalue weighted by atomic mass is 9.72. The van der Waals surface area contributed by atoms with Gasteiger partial charge in [-0.25, -0.2) is 4.79 Å². The topological polar surface area (TPSA) is 54.3 Å². The van der Waals surface area contributed by atoms with Gasteiger partial charge in [0.25, 0.3) is 0 Å². The Morgan fingerprint density at radius 1 is 1.15 bits per heavy atom. The summed E-state index contributed by atoms with van der Waals surface area (Å²) in [4.78, 5) is 12.1. The Balaban J connectivity index is 1.62. The average molecular weight is 270 g/mol. The Kier molecular flexibility index (Phi) is 3.46. The highest BCUT2D eigenvalue weighted by Gasteiger charge is 2.39. The Morgan fingerprint density at radius 3 is 2.55 bits per heavy atom. The summed E-state index contributed by atoms with van der Waals surface area (Å²) in [6.45, 7) is 0.406. The lowest BCUT2D eigenvalue weighted by molar-refractivity contribution is 0.176. The smallest absolute Gasteiger partial charge is 0.315 e. The van der Waals surface area contributed by atoms with Gasteiger partial charge in [-0.05, 0) is 37.0 Å². The minimum absolute atomic E-state index is 0.148. The summed E-state index contributed by atoms with van der Waals surface area (Å²) < 4.78 is 5.20. The standard InChI is InChI=1S/C16H18N2O2/c19-15(17-12-14-8-4-11-20-14)18-16(9-5-10-16)13-6-2-1-3-7-13/h1-4,6-8,11H,5,9-10,12H2,(H2,17,18,19). The van der Waals surface area contributed by atoms with E-state index in [-0.39, 0.29) is 11.6 Å². The van der Waals surface area contributed by atoms with Crippen LogP contribution in [-0.4, -0.2) is 6.03 Å². The van der Waals surface area contributed by atoms with E-state index in [1.807, 2.05) is 30.3 Å². The van der Waals surface area contributed by atoms with Gasteiger partial charge in [0.15, 0.2) is 0 Å². The van der Waals surface area contributed by atoms with Crippen LogP contribution >= 0.6 is 0 Å². The third kappa shape index (κ3) is 2.54. The first-order chi connectivity index (χ1) is 9.78. The molecule has 2 aromatic rings. The molecule has 1 aliphatic carbocycles. The molecule has 1 aliphatic rings. The Bertz CT molecular complexity index is 559. The third-order valence-electron chi connectivity index (χ3n) is 3.89. The highest BCUT2D eigenvalue weighted by molar-refractivity contribution is 5.75. The normalized spacial score (nSPS) is 16.2. The first kappa shape index (κ1) is 12.8. The van der Waals surface area contributed by atoms with Crippen molar-refractivity contribution < 1.29 is 9.21 Å². The van der Waals surface area contributed by atoms with Gasteiger partial charge in [-0.2, -0.15) is 0 Å². The molecule has 4 nitrogen and oxygen atoms in total. The van der Waals surface area contributed by atoms with E-state index in [0.29, 0.717) is 6.54 Å². The second kappa shape index (κ2) is 5.41. The number of benzene rings is 1. The number of urea groups is 1. The minimum atomic E-state index is -0.200. The molecule has 0 atom stereocenters. The van der Waals surface area contributed by atoms with Gasteiger partial charge in [0, 0.05) is 0 Å². The van der Waals surface area contributed by atoms with E-state index in [1.165, 1.54) is 5.56 Å². The van der Waals surface area contributed by atoms with E-state index in [9.17, 15) is 4.79 Å². The highest BCUT2D eigenvalue weighted by Crippen LogP contribution is 2.40. The molecule has 1 saturated carbocycles. The molecular formula is C16H18N2O2. The maximum absolute atomic E-state index is 12.1. The molecule has 2 amide bonds.